The molecule has 40 heavy (non-hydrogen) atoms. The van der Waals surface area contributed by atoms with Crippen LogP contribution in [0.5, 0.6) is 5.75 Å². The molecule has 1 saturated carbocycles. The first-order chi connectivity index (χ1) is 19.3. The van der Waals surface area contributed by atoms with E-state index in [0.29, 0.717) is 37.0 Å². The molecule has 220 valence electrons. The van der Waals surface area contributed by atoms with Crippen LogP contribution in [0.2, 0.25) is 0 Å². The van der Waals surface area contributed by atoms with Crippen LogP contribution in [-0.4, -0.2) is 81.8 Å². The first kappa shape index (κ1) is 32.5. The van der Waals surface area contributed by atoms with Gasteiger partial charge < -0.3 is 33.2 Å². The number of rotatable bonds is 17. The molecule has 0 amide bonds. The van der Waals surface area contributed by atoms with Gasteiger partial charge in [-0.3, -0.25) is 4.79 Å². The van der Waals surface area contributed by atoms with Gasteiger partial charge in [0.25, 0.3) is 0 Å². The van der Waals surface area contributed by atoms with Gasteiger partial charge in [0.1, 0.15) is 31.2 Å². The normalized spacial score (nSPS) is 17.9. The second-order valence-electron chi connectivity index (χ2n) is 8.99. The SMILES string of the molecule is C=CC(=O)OCC(COc1ccc(C(=O)OC2CCC(OCC(COC)OC(=O)CC)CC2)cc1)OC(=O)C=C. The largest absolute Gasteiger partial charge is 0.490 e. The highest BCUT2D eigenvalue weighted by atomic mass is 16.6. The lowest BCUT2D eigenvalue weighted by atomic mass is 9.95. The van der Waals surface area contributed by atoms with Gasteiger partial charge in [0.15, 0.2) is 6.10 Å². The lowest BCUT2D eigenvalue weighted by molar-refractivity contribution is -0.157. The third kappa shape index (κ3) is 12.0. The summed E-state index contributed by atoms with van der Waals surface area (Å²) in [7, 11) is 1.54. The minimum Gasteiger partial charge on any atom is -0.490 e. The van der Waals surface area contributed by atoms with Crippen LogP contribution in [0.1, 0.15) is 49.4 Å². The third-order valence-corrected chi connectivity index (χ3v) is 5.91. The summed E-state index contributed by atoms with van der Waals surface area (Å²) >= 11 is 0. The number of carbonyl (C=O) groups excluding carboxylic acids is 4. The fourth-order valence-corrected chi connectivity index (χ4v) is 3.79. The van der Waals surface area contributed by atoms with Crippen molar-refractivity contribution in [3.8, 4) is 5.75 Å². The third-order valence-electron chi connectivity index (χ3n) is 5.91. The Hall–Kier alpha value is -3.70. The van der Waals surface area contributed by atoms with Gasteiger partial charge >= 0.3 is 23.9 Å². The van der Waals surface area contributed by atoms with Crippen molar-refractivity contribution in [2.45, 2.75) is 63.4 Å². The molecule has 1 aromatic carbocycles. The predicted molar refractivity (Wildman–Crippen MR) is 143 cm³/mol. The van der Waals surface area contributed by atoms with Crippen LogP contribution in [0.4, 0.5) is 0 Å². The molecule has 1 fully saturated rings. The summed E-state index contributed by atoms with van der Waals surface area (Å²) in [5, 5.41) is 0. The first-order valence-electron chi connectivity index (χ1n) is 13.1. The van der Waals surface area contributed by atoms with E-state index >= 15 is 0 Å². The molecule has 1 aliphatic carbocycles. The summed E-state index contributed by atoms with van der Waals surface area (Å²) in [5.41, 5.74) is 0.361. The molecular formula is C29H38O11. The molecular weight excluding hydrogens is 524 g/mol. The number of ether oxygens (including phenoxy) is 7. The Kier molecular flexibility index (Phi) is 14.5. The van der Waals surface area contributed by atoms with Gasteiger partial charge in [-0.2, -0.15) is 0 Å². The van der Waals surface area contributed by atoms with Crippen molar-refractivity contribution < 1.29 is 52.3 Å². The summed E-state index contributed by atoms with van der Waals surface area (Å²) in [6, 6.07) is 6.32. The van der Waals surface area contributed by atoms with E-state index in [0.717, 1.165) is 12.2 Å². The topological polar surface area (TPSA) is 133 Å². The second kappa shape index (κ2) is 17.8. The van der Waals surface area contributed by atoms with E-state index in [1.807, 2.05) is 0 Å². The molecule has 0 aromatic heterocycles. The summed E-state index contributed by atoms with van der Waals surface area (Å²) in [6.45, 7) is 8.58. The van der Waals surface area contributed by atoms with Crippen LogP contribution in [0.25, 0.3) is 0 Å². The monoisotopic (exact) mass is 562 g/mol. The standard InChI is InChI=1S/C29H38O11/c1-5-26(30)37-19-25(39-28(32)7-3)18-36-21-10-8-20(9-11-21)29(33)40-23-14-12-22(13-15-23)35-17-24(16-34-4)38-27(31)6-2/h5,7-11,22-25H,1,3,6,12-19H2,2,4H3. The molecule has 2 atom stereocenters. The minimum absolute atomic E-state index is 0.0130. The molecule has 0 radical (unpaired) electrons. The van der Waals surface area contributed by atoms with E-state index in [2.05, 4.69) is 13.2 Å². The van der Waals surface area contributed by atoms with Crippen molar-refractivity contribution in [1.82, 2.24) is 0 Å². The minimum atomic E-state index is -0.865. The molecule has 0 heterocycles. The number of hydrogen-bond acceptors (Lipinski definition) is 11. The van der Waals surface area contributed by atoms with Crippen molar-refractivity contribution in [3.05, 3.63) is 55.1 Å². The Morgan fingerprint density at radius 1 is 0.850 bits per heavy atom. The fraction of sp³-hybridized carbons (Fsp3) is 0.517. The van der Waals surface area contributed by atoms with Gasteiger partial charge in [0.05, 0.1) is 24.9 Å². The number of methoxy groups -OCH3 is 1. The molecule has 1 aromatic rings. The van der Waals surface area contributed by atoms with Gasteiger partial charge in [-0.05, 0) is 49.9 Å². The van der Waals surface area contributed by atoms with E-state index in [1.165, 1.54) is 0 Å². The van der Waals surface area contributed by atoms with Gasteiger partial charge in [0.2, 0.25) is 0 Å². The highest BCUT2D eigenvalue weighted by molar-refractivity contribution is 5.89. The lowest BCUT2D eigenvalue weighted by Crippen LogP contribution is -2.33. The van der Waals surface area contributed by atoms with E-state index in [1.54, 1.807) is 38.3 Å². The average Bonchev–Trinajstić information content (AvgIpc) is 2.97. The quantitative estimate of drug-likeness (QED) is 0.157. The van der Waals surface area contributed by atoms with Gasteiger partial charge in [-0.1, -0.05) is 20.1 Å². The maximum atomic E-state index is 12.6. The number of hydrogen-bond donors (Lipinski definition) is 0. The van der Waals surface area contributed by atoms with Gasteiger partial charge in [-0.25, -0.2) is 14.4 Å². The Morgan fingerprint density at radius 2 is 1.48 bits per heavy atom. The van der Waals surface area contributed by atoms with Crippen molar-refractivity contribution >= 4 is 23.9 Å². The zero-order chi connectivity index (χ0) is 29.3. The summed E-state index contributed by atoms with van der Waals surface area (Å²) in [4.78, 5) is 47.1. The average molecular weight is 563 g/mol. The number of esters is 4. The van der Waals surface area contributed by atoms with Crippen LogP contribution in [-0.2, 0) is 42.8 Å². The zero-order valence-electron chi connectivity index (χ0n) is 23.0. The molecule has 0 N–H and O–H groups in total. The summed E-state index contributed by atoms with van der Waals surface area (Å²) < 4.78 is 37.7. The molecule has 2 unspecified atom stereocenters. The first-order valence-corrected chi connectivity index (χ1v) is 13.1. The molecule has 0 bridgehead atoms. The number of carbonyl (C=O) groups is 4. The molecule has 1 aliphatic rings. The van der Waals surface area contributed by atoms with Crippen molar-refractivity contribution in [3.63, 3.8) is 0 Å². The second-order valence-corrected chi connectivity index (χ2v) is 8.99. The van der Waals surface area contributed by atoms with E-state index in [9.17, 15) is 19.2 Å². The van der Waals surface area contributed by atoms with Gasteiger partial charge in [-0.15, -0.1) is 0 Å². The van der Waals surface area contributed by atoms with E-state index in [4.69, 9.17) is 33.2 Å². The highest BCUT2D eigenvalue weighted by Gasteiger charge is 2.26. The Morgan fingerprint density at radius 3 is 2.08 bits per heavy atom. The number of benzene rings is 1. The molecule has 0 spiro atoms. The van der Waals surface area contributed by atoms with Crippen LogP contribution in [0.3, 0.4) is 0 Å². The van der Waals surface area contributed by atoms with Crippen molar-refractivity contribution in [2.24, 2.45) is 0 Å². The van der Waals surface area contributed by atoms with Crippen LogP contribution < -0.4 is 4.74 Å². The lowest BCUT2D eigenvalue weighted by Gasteiger charge is -2.29. The molecule has 0 aliphatic heterocycles. The maximum Gasteiger partial charge on any atom is 0.338 e. The smallest absolute Gasteiger partial charge is 0.338 e. The molecule has 11 heteroatoms. The Labute approximate surface area is 234 Å². The zero-order valence-corrected chi connectivity index (χ0v) is 23.0. The molecule has 2 rings (SSSR count). The summed E-state index contributed by atoms with van der Waals surface area (Å²) in [5.74, 6) is -1.67. The predicted octanol–water partition coefficient (Wildman–Crippen LogP) is 3.35. The van der Waals surface area contributed by atoms with Crippen LogP contribution in [0.15, 0.2) is 49.6 Å². The molecule has 0 saturated heterocycles. The van der Waals surface area contributed by atoms with E-state index < -0.39 is 30.1 Å². The fourth-order valence-electron chi connectivity index (χ4n) is 3.79. The van der Waals surface area contributed by atoms with Gasteiger partial charge in [0, 0.05) is 25.7 Å². The van der Waals surface area contributed by atoms with E-state index in [-0.39, 0.29) is 51.0 Å². The van der Waals surface area contributed by atoms with Crippen LogP contribution >= 0.6 is 0 Å². The van der Waals surface area contributed by atoms with Crippen molar-refractivity contribution in [2.75, 3.05) is 33.5 Å². The maximum absolute atomic E-state index is 12.6. The highest BCUT2D eigenvalue weighted by Crippen LogP contribution is 2.25. The Balaban J connectivity index is 1.78. The summed E-state index contributed by atoms with van der Waals surface area (Å²) in [6.07, 6.45) is 3.46. The van der Waals surface area contributed by atoms with Crippen molar-refractivity contribution in [1.29, 1.82) is 0 Å². The Bertz CT molecular complexity index is 980. The van der Waals surface area contributed by atoms with Crippen LogP contribution in [0, 0.1) is 0 Å². The molecule has 11 nitrogen and oxygen atoms in total.